The highest BCUT2D eigenvalue weighted by Gasteiger charge is 2.64. The van der Waals surface area contributed by atoms with E-state index < -0.39 is 104 Å². The number of rotatable bonds is 0. The maximum atomic E-state index is 14.5. The molecule has 44 heavy (non-hydrogen) atoms. The summed E-state index contributed by atoms with van der Waals surface area (Å²) in [6.07, 6.45) is -22.7. The van der Waals surface area contributed by atoms with E-state index in [-0.39, 0.29) is 22.3 Å². The average molecular weight is 634 g/mol. The van der Waals surface area contributed by atoms with Crippen LogP contribution in [-0.2, 0) is 0 Å². The van der Waals surface area contributed by atoms with E-state index in [2.05, 4.69) is 0 Å². The minimum atomic E-state index is -5.66. The molecule has 2 N–H and O–H groups in total. The van der Waals surface area contributed by atoms with Crippen LogP contribution in [0.1, 0.15) is 68.2 Å². The molecule has 0 saturated heterocycles. The first-order valence-corrected chi connectivity index (χ1v) is 12.8. The zero-order chi connectivity index (χ0) is 32.0. The van der Waals surface area contributed by atoms with Crippen molar-refractivity contribution in [2.75, 3.05) is 0 Å². The van der Waals surface area contributed by atoms with Gasteiger partial charge in [0.25, 0.3) is 0 Å². The second kappa shape index (κ2) is 8.33. The lowest BCUT2D eigenvalue weighted by Crippen LogP contribution is -2.41. The summed E-state index contributed by atoms with van der Waals surface area (Å²) in [5, 5.41) is 23.2. The Hall–Kier alpha value is -4.10. The Kier molecular flexibility index (Phi) is 5.43. The van der Waals surface area contributed by atoms with Crippen molar-refractivity contribution in [1.82, 2.24) is 0 Å². The predicted octanol–water partition coefficient (Wildman–Crippen LogP) is 9.12. The Morgan fingerprint density at radius 2 is 0.545 bits per heavy atom. The molecule has 0 spiro atoms. The maximum absolute atomic E-state index is 14.5. The molecule has 230 valence electrons. The van der Waals surface area contributed by atoms with Crippen molar-refractivity contribution in [2.24, 2.45) is 0 Å². The number of phenolic OH excluding ortho intramolecular Hbond substituents is 2. The van der Waals surface area contributed by atoms with Crippen molar-refractivity contribution in [2.45, 2.75) is 48.4 Å². The van der Waals surface area contributed by atoms with Crippen LogP contribution in [0.4, 0.5) is 52.7 Å². The van der Waals surface area contributed by atoms with Gasteiger partial charge >= 0.3 is 24.7 Å². The molecule has 0 amide bonds. The topological polar surface area (TPSA) is 40.5 Å². The van der Waals surface area contributed by atoms with Crippen LogP contribution in [-0.4, -0.2) is 34.9 Å². The van der Waals surface area contributed by atoms with Crippen LogP contribution < -0.4 is 0 Å². The maximum Gasteiger partial charge on any atom is 0.413 e. The highest BCUT2D eigenvalue weighted by Crippen LogP contribution is 2.71. The molecule has 14 heteroatoms. The van der Waals surface area contributed by atoms with Gasteiger partial charge in [-0.25, -0.2) is 0 Å². The lowest BCUT2D eigenvalue weighted by molar-refractivity contribution is -0.122. The van der Waals surface area contributed by atoms with Crippen LogP contribution >= 0.6 is 0 Å². The molecular formula is C30H14F12O2. The van der Waals surface area contributed by atoms with E-state index >= 15 is 0 Å². The molecule has 0 aromatic heterocycles. The minimum absolute atomic E-state index is 0.344. The van der Waals surface area contributed by atoms with Gasteiger partial charge in [-0.1, -0.05) is 48.5 Å². The average Bonchev–Trinajstić information content (AvgIpc) is 2.92. The molecule has 0 radical (unpaired) electrons. The van der Waals surface area contributed by atoms with Gasteiger partial charge < -0.3 is 10.2 Å². The number of hydrogen-bond acceptors (Lipinski definition) is 2. The molecular weight excluding hydrogens is 620 g/mol. The molecule has 9 rings (SSSR count). The molecule has 3 aromatic rings. The number of halogens is 12. The predicted molar refractivity (Wildman–Crippen MR) is 128 cm³/mol. The number of benzene rings is 3. The van der Waals surface area contributed by atoms with E-state index in [9.17, 15) is 62.9 Å². The normalized spacial score (nSPS) is 23.9. The SMILES string of the molecule is Oc1c2c(c(O)c3c1C1C(C(F)(F)F)=C(C(F)(F)F)C3c3ccccc31)C1C(C(F)(F)F)=C(C(F)(F)F)C2c2ccccc21. The second-order valence-electron chi connectivity index (χ2n) is 11.0. The summed E-state index contributed by atoms with van der Waals surface area (Å²) < 4.78 is 174. The minimum Gasteiger partial charge on any atom is -0.507 e. The molecule has 6 aliphatic rings. The molecule has 4 unspecified atom stereocenters. The smallest absolute Gasteiger partial charge is 0.413 e. The van der Waals surface area contributed by atoms with Crippen LogP contribution in [0, 0.1) is 0 Å². The van der Waals surface area contributed by atoms with Crippen molar-refractivity contribution in [3.05, 3.63) is 115 Å². The molecule has 4 bridgehead atoms. The number of phenols is 2. The third-order valence-electron chi connectivity index (χ3n) is 8.95. The summed E-state index contributed by atoms with van der Waals surface area (Å²) in [7, 11) is 0. The van der Waals surface area contributed by atoms with Crippen LogP contribution in [0.2, 0.25) is 0 Å². The Morgan fingerprint density at radius 3 is 0.705 bits per heavy atom. The summed E-state index contributed by atoms with van der Waals surface area (Å²) in [4.78, 5) is 0. The zero-order valence-corrected chi connectivity index (χ0v) is 21.4. The van der Waals surface area contributed by atoms with Crippen molar-refractivity contribution < 1.29 is 62.9 Å². The fourth-order valence-electron chi connectivity index (χ4n) is 7.75. The van der Waals surface area contributed by atoms with Gasteiger partial charge in [0.1, 0.15) is 11.5 Å². The Morgan fingerprint density at radius 1 is 0.364 bits per heavy atom. The number of alkyl halides is 12. The third-order valence-corrected chi connectivity index (χ3v) is 8.95. The van der Waals surface area contributed by atoms with E-state index in [1.54, 1.807) is 0 Å². The summed E-state index contributed by atoms with van der Waals surface area (Å²) in [5.74, 6) is -12.4. The van der Waals surface area contributed by atoms with Gasteiger partial charge in [0.2, 0.25) is 0 Å². The van der Waals surface area contributed by atoms with Crippen molar-refractivity contribution >= 4 is 0 Å². The second-order valence-corrected chi connectivity index (χ2v) is 11.0. The van der Waals surface area contributed by atoms with Gasteiger partial charge in [0.05, 0.1) is 22.3 Å². The lowest BCUT2D eigenvalue weighted by Gasteiger charge is -2.49. The van der Waals surface area contributed by atoms with Crippen LogP contribution in [0.25, 0.3) is 0 Å². The van der Waals surface area contributed by atoms with Gasteiger partial charge in [0.15, 0.2) is 0 Å². The van der Waals surface area contributed by atoms with E-state index in [1.807, 2.05) is 0 Å². The molecule has 0 saturated carbocycles. The number of aromatic hydroxyl groups is 2. The lowest BCUT2D eigenvalue weighted by atomic mass is 9.55. The molecule has 3 aromatic carbocycles. The summed E-state index contributed by atoms with van der Waals surface area (Å²) in [6.45, 7) is 0. The largest absolute Gasteiger partial charge is 0.507 e. The molecule has 0 aliphatic heterocycles. The van der Waals surface area contributed by atoms with Crippen LogP contribution in [0.15, 0.2) is 70.8 Å². The van der Waals surface area contributed by atoms with Gasteiger partial charge in [-0.3, -0.25) is 0 Å². The number of allylic oxidation sites excluding steroid dienone is 4. The Bertz CT molecular complexity index is 1590. The van der Waals surface area contributed by atoms with E-state index in [1.165, 1.54) is 24.3 Å². The van der Waals surface area contributed by atoms with Gasteiger partial charge in [-0.2, -0.15) is 52.7 Å². The monoisotopic (exact) mass is 634 g/mol. The van der Waals surface area contributed by atoms with E-state index in [0.29, 0.717) is 0 Å². The molecule has 0 heterocycles. The quantitative estimate of drug-likeness (QED) is 0.147. The summed E-state index contributed by atoms with van der Waals surface area (Å²) >= 11 is 0. The van der Waals surface area contributed by atoms with E-state index in [0.717, 1.165) is 24.3 Å². The Labute approximate surface area is 238 Å². The van der Waals surface area contributed by atoms with Gasteiger partial charge in [0, 0.05) is 45.9 Å². The first kappa shape index (κ1) is 28.7. The molecule has 0 fully saturated rings. The third kappa shape index (κ3) is 3.47. The standard InChI is InChI=1S/C30H14F12O2/c31-27(32,33)21-13-9-5-1-2-6-10(9)14(22(21)28(34,35)36)18-17(13)25(43)19-15-11-7-3-4-8-12(11)16(20(19)26(18)44)24(30(40,41)42)23(15)29(37,38)39/h1-8,13-16,43-44H. The first-order valence-electron chi connectivity index (χ1n) is 12.8. The highest BCUT2D eigenvalue weighted by atomic mass is 19.4. The van der Waals surface area contributed by atoms with Crippen LogP contribution in [0.5, 0.6) is 11.5 Å². The molecule has 2 nitrogen and oxygen atoms in total. The van der Waals surface area contributed by atoms with E-state index in [4.69, 9.17) is 0 Å². The first-order chi connectivity index (χ1) is 20.3. The molecule has 6 aliphatic carbocycles. The Balaban J connectivity index is 1.66. The number of hydrogen-bond donors (Lipinski definition) is 2. The molecule has 4 atom stereocenters. The van der Waals surface area contributed by atoms with Gasteiger partial charge in [-0.15, -0.1) is 0 Å². The van der Waals surface area contributed by atoms with Crippen molar-refractivity contribution in [1.29, 1.82) is 0 Å². The van der Waals surface area contributed by atoms with Crippen LogP contribution in [0.3, 0.4) is 0 Å². The van der Waals surface area contributed by atoms with Gasteiger partial charge in [-0.05, 0) is 22.3 Å². The van der Waals surface area contributed by atoms with Crippen molar-refractivity contribution in [3.63, 3.8) is 0 Å². The zero-order valence-electron chi connectivity index (χ0n) is 21.4. The van der Waals surface area contributed by atoms with Crippen molar-refractivity contribution in [3.8, 4) is 11.5 Å². The fourth-order valence-corrected chi connectivity index (χ4v) is 7.75. The highest BCUT2D eigenvalue weighted by molar-refractivity contribution is 5.81. The summed E-state index contributed by atoms with van der Waals surface area (Å²) in [5.41, 5.74) is -13.6. The summed E-state index contributed by atoms with van der Waals surface area (Å²) in [6, 6.07) is 9.12. The fraction of sp³-hybridized carbons (Fsp3) is 0.267.